The van der Waals surface area contributed by atoms with Crippen molar-refractivity contribution in [2.45, 2.75) is 38.4 Å². The van der Waals surface area contributed by atoms with Gasteiger partial charge in [0, 0.05) is 0 Å². The minimum atomic E-state index is -0.896. The molecule has 0 unspecified atom stereocenters. The molecule has 0 saturated heterocycles. The molecule has 0 aromatic carbocycles. The Balaban J connectivity index is 2.26. The first kappa shape index (κ1) is 10.5. The molecule has 4 heteroatoms. The molecule has 1 fully saturated rings. The zero-order chi connectivity index (χ0) is 10.1. The molecule has 0 bridgehead atoms. The first-order chi connectivity index (χ1) is 5.93. The second-order valence-corrected chi connectivity index (χ2v) is 4.03. The maximum absolute atomic E-state index is 10.5. The summed E-state index contributed by atoms with van der Waals surface area (Å²) in [4.78, 5) is 10.5. The lowest BCUT2D eigenvalue weighted by Crippen LogP contribution is -2.50. The Morgan fingerprint density at radius 2 is 2.15 bits per heavy atom. The average Bonchev–Trinajstić information content (AvgIpc) is 1.95. The third-order valence-corrected chi connectivity index (χ3v) is 2.29. The van der Waals surface area contributed by atoms with Crippen LogP contribution in [0, 0.1) is 5.92 Å². The zero-order valence-corrected chi connectivity index (χ0v) is 7.99. The highest BCUT2D eigenvalue weighted by molar-refractivity contribution is 5.71. The van der Waals surface area contributed by atoms with Crippen molar-refractivity contribution in [1.29, 1.82) is 0 Å². The van der Waals surface area contributed by atoms with Crippen molar-refractivity contribution < 1.29 is 19.7 Å². The van der Waals surface area contributed by atoms with E-state index in [9.17, 15) is 9.90 Å². The van der Waals surface area contributed by atoms with Crippen LogP contribution in [0.3, 0.4) is 0 Å². The van der Waals surface area contributed by atoms with Gasteiger partial charge in [-0.05, 0) is 26.7 Å². The van der Waals surface area contributed by atoms with Crippen LogP contribution >= 0.6 is 0 Å². The van der Waals surface area contributed by atoms with Crippen LogP contribution in [-0.2, 0) is 9.53 Å². The topological polar surface area (TPSA) is 66.8 Å². The van der Waals surface area contributed by atoms with Gasteiger partial charge in [0.1, 0.15) is 0 Å². The number of hydrogen-bond donors (Lipinski definition) is 2. The Kier molecular flexibility index (Phi) is 2.93. The van der Waals surface area contributed by atoms with Crippen LogP contribution in [0.25, 0.3) is 0 Å². The molecule has 0 aliphatic heterocycles. The summed E-state index contributed by atoms with van der Waals surface area (Å²) in [7, 11) is 0. The second-order valence-electron chi connectivity index (χ2n) is 4.03. The van der Waals surface area contributed by atoms with E-state index in [0.29, 0.717) is 12.8 Å². The number of carboxylic acids is 1. The average molecular weight is 188 g/mol. The second kappa shape index (κ2) is 3.64. The van der Waals surface area contributed by atoms with Crippen LogP contribution in [0.1, 0.15) is 26.7 Å². The van der Waals surface area contributed by atoms with Gasteiger partial charge in [0.2, 0.25) is 0 Å². The van der Waals surface area contributed by atoms with E-state index >= 15 is 0 Å². The van der Waals surface area contributed by atoms with E-state index in [4.69, 9.17) is 9.84 Å². The molecule has 0 amide bonds. The summed E-state index contributed by atoms with van der Waals surface area (Å²) in [6.45, 7) is 4.02. The van der Waals surface area contributed by atoms with Gasteiger partial charge in [-0.3, -0.25) is 4.79 Å². The zero-order valence-electron chi connectivity index (χ0n) is 7.99. The smallest absolute Gasteiger partial charge is 0.306 e. The monoisotopic (exact) mass is 188 g/mol. The van der Waals surface area contributed by atoms with Gasteiger partial charge in [-0.1, -0.05) is 0 Å². The molecule has 13 heavy (non-hydrogen) atoms. The molecule has 0 aromatic heterocycles. The lowest BCUT2D eigenvalue weighted by molar-refractivity contribution is -0.169. The molecule has 2 N–H and O–H groups in total. The highest BCUT2D eigenvalue weighted by Gasteiger charge is 2.46. The molecule has 1 aliphatic rings. The van der Waals surface area contributed by atoms with E-state index in [2.05, 4.69) is 0 Å². The summed E-state index contributed by atoms with van der Waals surface area (Å²) >= 11 is 0. The maximum Gasteiger partial charge on any atom is 0.306 e. The third-order valence-electron chi connectivity index (χ3n) is 2.29. The fourth-order valence-electron chi connectivity index (χ4n) is 1.47. The van der Waals surface area contributed by atoms with E-state index in [1.54, 1.807) is 0 Å². The van der Waals surface area contributed by atoms with Gasteiger partial charge in [0.15, 0.2) is 0 Å². The summed E-state index contributed by atoms with van der Waals surface area (Å²) in [5.74, 6) is -1.21. The number of aliphatic hydroxyl groups is 1. The Hall–Kier alpha value is -0.610. The van der Waals surface area contributed by atoms with Crippen molar-refractivity contribution in [3.8, 4) is 0 Å². The van der Waals surface area contributed by atoms with Crippen LogP contribution in [0.4, 0.5) is 0 Å². The molecule has 1 rings (SSSR count). The Labute approximate surface area is 77.5 Å². The third kappa shape index (κ3) is 2.67. The van der Waals surface area contributed by atoms with Crippen LogP contribution in [-0.4, -0.2) is 34.5 Å². The predicted molar refractivity (Wildman–Crippen MR) is 46.4 cm³/mol. The normalized spacial score (nSPS) is 33.1. The largest absolute Gasteiger partial charge is 0.481 e. The van der Waals surface area contributed by atoms with Crippen LogP contribution in [0.15, 0.2) is 0 Å². The van der Waals surface area contributed by atoms with E-state index in [1.807, 2.05) is 13.8 Å². The Bertz CT molecular complexity index is 194. The number of rotatable bonds is 4. The van der Waals surface area contributed by atoms with Gasteiger partial charge in [-0.15, -0.1) is 0 Å². The molecule has 0 heterocycles. The van der Waals surface area contributed by atoms with Gasteiger partial charge in [-0.25, -0.2) is 0 Å². The first-order valence-corrected chi connectivity index (χ1v) is 4.50. The summed E-state index contributed by atoms with van der Waals surface area (Å²) in [5, 5.41) is 18.3. The maximum atomic E-state index is 10.5. The lowest BCUT2D eigenvalue weighted by atomic mass is 9.71. The number of ether oxygens (including phenoxy) is 1. The van der Waals surface area contributed by atoms with E-state index < -0.39 is 11.6 Å². The van der Waals surface area contributed by atoms with Crippen molar-refractivity contribution >= 4 is 5.97 Å². The number of hydrogen-bond acceptors (Lipinski definition) is 3. The predicted octanol–water partition coefficient (Wildman–Crippen LogP) is 0.637. The van der Waals surface area contributed by atoms with E-state index in [1.165, 1.54) is 0 Å². The molecule has 0 aromatic rings. The van der Waals surface area contributed by atoms with E-state index in [0.717, 1.165) is 0 Å². The highest BCUT2D eigenvalue weighted by Crippen LogP contribution is 2.38. The molecule has 0 atom stereocenters. The molecule has 76 valence electrons. The number of aliphatic carboxylic acids is 1. The van der Waals surface area contributed by atoms with Gasteiger partial charge < -0.3 is 14.9 Å². The summed E-state index contributed by atoms with van der Waals surface area (Å²) in [6, 6.07) is 0. The minimum Gasteiger partial charge on any atom is -0.481 e. The molecule has 0 radical (unpaired) electrons. The Morgan fingerprint density at radius 3 is 2.54 bits per heavy atom. The van der Waals surface area contributed by atoms with Crippen molar-refractivity contribution in [1.82, 2.24) is 0 Å². The van der Waals surface area contributed by atoms with Crippen molar-refractivity contribution in [2.75, 3.05) is 6.61 Å². The van der Waals surface area contributed by atoms with Crippen molar-refractivity contribution in [3.63, 3.8) is 0 Å². The lowest BCUT2D eigenvalue weighted by Gasteiger charge is -2.41. The van der Waals surface area contributed by atoms with Gasteiger partial charge in [-0.2, -0.15) is 0 Å². The SMILES string of the molecule is CC(C)OCC1(O)CC(C(=O)O)C1. The minimum absolute atomic E-state index is 0.0768. The molecule has 0 spiro atoms. The van der Waals surface area contributed by atoms with Crippen LogP contribution in [0.2, 0.25) is 0 Å². The standard InChI is InChI=1S/C9H16O4/c1-6(2)13-5-9(12)3-7(4-9)8(10)11/h6-7,12H,3-5H2,1-2H3,(H,10,11). The molecular formula is C9H16O4. The van der Waals surface area contributed by atoms with Crippen molar-refractivity contribution in [2.24, 2.45) is 5.92 Å². The molecule has 1 saturated carbocycles. The number of carboxylic acid groups (broad SMARTS) is 1. The highest BCUT2D eigenvalue weighted by atomic mass is 16.5. The molecule has 1 aliphatic carbocycles. The Morgan fingerprint density at radius 1 is 1.62 bits per heavy atom. The molecule has 4 nitrogen and oxygen atoms in total. The quantitative estimate of drug-likeness (QED) is 0.679. The van der Waals surface area contributed by atoms with Gasteiger partial charge in [0.25, 0.3) is 0 Å². The van der Waals surface area contributed by atoms with E-state index in [-0.39, 0.29) is 18.6 Å². The van der Waals surface area contributed by atoms with Crippen LogP contribution < -0.4 is 0 Å². The van der Waals surface area contributed by atoms with Gasteiger partial charge >= 0.3 is 5.97 Å². The fourth-order valence-corrected chi connectivity index (χ4v) is 1.47. The fraction of sp³-hybridized carbons (Fsp3) is 0.889. The molecular weight excluding hydrogens is 172 g/mol. The summed E-state index contributed by atoms with van der Waals surface area (Å²) in [5.41, 5.74) is -0.896. The van der Waals surface area contributed by atoms with Gasteiger partial charge in [0.05, 0.1) is 24.2 Å². The van der Waals surface area contributed by atoms with Crippen molar-refractivity contribution in [3.05, 3.63) is 0 Å². The van der Waals surface area contributed by atoms with Crippen LogP contribution in [0.5, 0.6) is 0 Å². The number of carbonyl (C=O) groups is 1. The first-order valence-electron chi connectivity index (χ1n) is 4.50. The summed E-state index contributed by atoms with van der Waals surface area (Å²) in [6.07, 6.45) is 0.706. The summed E-state index contributed by atoms with van der Waals surface area (Å²) < 4.78 is 5.23.